The second-order valence-corrected chi connectivity index (χ2v) is 11.4. The van der Waals surface area contributed by atoms with Crippen molar-refractivity contribution in [3.63, 3.8) is 0 Å². The first kappa shape index (κ1) is 29.7. The van der Waals surface area contributed by atoms with Gasteiger partial charge in [-0.2, -0.15) is 0 Å². The summed E-state index contributed by atoms with van der Waals surface area (Å²) in [6, 6.07) is 18.3. The molecule has 0 unspecified atom stereocenters. The fraction of sp³-hybridized carbons (Fsp3) is 0.417. The fourth-order valence-corrected chi connectivity index (χ4v) is 6.34. The molecule has 40 heavy (non-hydrogen) atoms. The first-order valence-corrected chi connectivity index (χ1v) is 14.6. The minimum atomic E-state index is -0.677. The fourth-order valence-electron chi connectivity index (χ4n) is 6.34. The molecule has 0 radical (unpaired) electrons. The Bertz CT molecular complexity index is 1380. The molecule has 0 amide bonds. The van der Waals surface area contributed by atoms with E-state index < -0.39 is 17.4 Å². The van der Waals surface area contributed by atoms with Gasteiger partial charge in [-0.05, 0) is 90.1 Å². The highest BCUT2D eigenvalue weighted by atomic mass is 19.1. The van der Waals surface area contributed by atoms with Gasteiger partial charge >= 0.3 is 5.97 Å². The molecule has 1 fully saturated rings. The number of carbonyl (C=O) groups excluding carboxylic acids is 1. The van der Waals surface area contributed by atoms with Gasteiger partial charge in [-0.1, -0.05) is 93.8 Å². The summed E-state index contributed by atoms with van der Waals surface area (Å²) in [5, 5.41) is 10.9. The van der Waals surface area contributed by atoms with Gasteiger partial charge in [-0.25, -0.2) is 4.39 Å². The summed E-state index contributed by atoms with van der Waals surface area (Å²) in [5.74, 6) is -0.855. The first-order chi connectivity index (χ1) is 19.1. The van der Waals surface area contributed by atoms with Crippen LogP contribution in [0.5, 0.6) is 0 Å². The number of methoxy groups -OCH3 is 1. The Morgan fingerprint density at radius 1 is 0.950 bits per heavy atom. The number of benzene rings is 3. The van der Waals surface area contributed by atoms with Crippen LogP contribution in [0.15, 0.2) is 60.7 Å². The summed E-state index contributed by atoms with van der Waals surface area (Å²) < 4.78 is 19.5. The molecule has 4 rings (SSSR count). The van der Waals surface area contributed by atoms with E-state index in [4.69, 9.17) is 0 Å². The molecule has 1 aliphatic carbocycles. The summed E-state index contributed by atoms with van der Waals surface area (Å²) in [6.07, 6.45) is 11.0. The molecule has 0 saturated heterocycles. The van der Waals surface area contributed by atoms with Crippen molar-refractivity contribution in [1.29, 1.82) is 0 Å². The van der Waals surface area contributed by atoms with Crippen LogP contribution in [0.1, 0.15) is 92.2 Å². The maximum Gasteiger partial charge on any atom is 0.310 e. The molecule has 4 heteroatoms. The van der Waals surface area contributed by atoms with Crippen molar-refractivity contribution >= 4 is 12.0 Å². The third-order valence-electron chi connectivity index (χ3n) is 9.03. The maximum absolute atomic E-state index is 14.8. The number of aliphatic hydroxyl groups is 1. The van der Waals surface area contributed by atoms with Crippen LogP contribution in [0, 0.1) is 19.7 Å². The van der Waals surface area contributed by atoms with E-state index in [1.807, 2.05) is 12.1 Å². The Balaban J connectivity index is 1.63. The molecule has 3 nitrogen and oxygen atoms in total. The molecule has 0 atom stereocenters. The molecule has 1 aliphatic rings. The van der Waals surface area contributed by atoms with E-state index >= 15 is 0 Å². The quantitative estimate of drug-likeness (QED) is 0.275. The van der Waals surface area contributed by atoms with Gasteiger partial charge in [0.05, 0.1) is 19.1 Å². The second-order valence-electron chi connectivity index (χ2n) is 11.4. The molecule has 3 aromatic rings. The minimum Gasteiger partial charge on any atom is -0.469 e. The van der Waals surface area contributed by atoms with E-state index in [9.17, 15) is 14.3 Å². The van der Waals surface area contributed by atoms with Crippen molar-refractivity contribution in [2.45, 2.75) is 90.1 Å². The van der Waals surface area contributed by atoms with Crippen LogP contribution in [0.2, 0.25) is 0 Å². The van der Waals surface area contributed by atoms with Crippen LogP contribution < -0.4 is 0 Å². The van der Waals surface area contributed by atoms with Crippen molar-refractivity contribution in [2.75, 3.05) is 7.11 Å². The van der Waals surface area contributed by atoms with Crippen LogP contribution in [0.4, 0.5) is 4.39 Å². The number of halogens is 1. The van der Waals surface area contributed by atoms with E-state index in [1.54, 1.807) is 6.07 Å². The third-order valence-corrected chi connectivity index (χ3v) is 9.03. The number of ether oxygens (including phenoxy) is 1. The van der Waals surface area contributed by atoms with E-state index in [0.29, 0.717) is 5.56 Å². The highest BCUT2D eigenvalue weighted by Gasteiger charge is 2.31. The molecule has 0 bridgehead atoms. The predicted molar refractivity (Wildman–Crippen MR) is 162 cm³/mol. The lowest BCUT2D eigenvalue weighted by Gasteiger charge is -2.34. The van der Waals surface area contributed by atoms with Gasteiger partial charge < -0.3 is 9.84 Å². The molecule has 0 heterocycles. The molecular formula is C36H43FO3. The zero-order chi connectivity index (χ0) is 28.9. The highest BCUT2D eigenvalue weighted by molar-refractivity contribution is 5.74. The number of esters is 1. The zero-order valence-corrected chi connectivity index (χ0v) is 24.6. The summed E-state index contributed by atoms with van der Waals surface area (Å²) in [5.41, 5.74) is 7.25. The Labute approximate surface area is 239 Å². The van der Waals surface area contributed by atoms with Gasteiger partial charge in [-0.3, -0.25) is 4.79 Å². The standard InChI is InChI=1S/C36H43FO3/c1-6-36(7-2,30-14-13-27(25(3)21-30)17-20-35(39)18-9-8-10-19-35)31-15-16-32(26(4)22-31)28-11-12-29(33(37)23-28)24-34(38)40-5/h11-17,20-23,39H,6-10,18-19,24H2,1-5H3. The Hall–Kier alpha value is -3.24. The summed E-state index contributed by atoms with van der Waals surface area (Å²) >= 11 is 0. The van der Waals surface area contributed by atoms with Crippen molar-refractivity contribution in [2.24, 2.45) is 0 Å². The molecule has 212 valence electrons. The Kier molecular flexibility index (Phi) is 9.30. The van der Waals surface area contributed by atoms with Crippen molar-refractivity contribution < 1.29 is 19.0 Å². The predicted octanol–water partition coefficient (Wildman–Crippen LogP) is 8.64. The van der Waals surface area contributed by atoms with Crippen LogP contribution >= 0.6 is 0 Å². The van der Waals surface area contributed by atoms with Gasteiger partial charge in [0.25, 0.3) is 0 Å². The second kappa shape index (κ2) is 12.5. The number of hydrogen-bond donors (Lipinski definition) is 1. The SMILES string of the molecule is CCC(CC)(c1ccc(C=CC2(O)CCCCC2)c(C)c1)c1ccc(-c2ccc(CC(=O)OC)c(F)c2)c(C)c1. The third kappa shape index (κ3) is 6.23. The number of aryl methyl sites for hydroxylation is 2. The van der Waals surface area contributed by atoms with Crippen molar-refractivity contribution in [1.82, 2.24) is 0 Å². The van der Waals surface area contributed by atoms with Crippen LogP contribution in [-0.4, -0.2) is 23.8 Å². The number of hydrogen-bond acceptors (Lipinski definition) is 3. The highest BCUT2D eigenvalue weighted by Crippen LogP contribution is 2.41. The first-order valence-electron chi connectivity index (χ1n) is 14.6. The Morgan fingerprint density at radius 2 is 1.60 bits per heavy atom. The monoisotopic (exact) mass is 542 g/mol. The van der Waals surface area contributed by atoms with E-state index in [-0.39, 0.29) is 11.8 Å². The van der Waals surface area contributed by atoms with Gasteiger partial charge in [0.1, 0.15) is 5.82 Å². The maximum atomic E-state index is 14.8. The van der Waals surface area contributed by atoms with Crippen molar-refractivity contribution in [3.8, 4) is 11.1 Å². The van der Waals surface area contributed by atoms with Crippen LogP contribution in [0.3, 0.4) is 0 Å². The molecule has 1 saturated carbocycles. The Morgan fingerprint density at radius 3 is 2.17 bits per heavy atom. The van der Waals surface area contributed by atoms with Gasteiger partial charge in [0.2, 0.25) is 0 Å². The van der Waals surface area contributed by atoms with E-state index in [0.717, 1.165) is 60.8 Å². The van der Waals surface area contributed by atoms with Gasteiger partial charge in [-0.15, -0.1) is 0 Å². The lowest BCUT2D eigenvalue weighted by atomic mass is 9.69. The topological polar surface area (TPSA) is 46.5 Å². The van der Waals surface area contributed by atoms with E-state index in [2.05, 4.69) is 74.9 Å². The lowest BCUT2D eigenvalue weighted by molar-refractivity contribution is -0.139. The normalized spacial score (nSPS) is 15.4. The molecule has 0 spiro atoms. The van der Waals surface area contributed by atoms with Gasteiger partial charge in [0, 0.05) is 5.41 Å². The average molecular weight is 543 g/mol. The summed E-state index contributed by atoms with van der Waals surface area (Å²) in [6.45, 7) is 8.70. The van der Waals surface area contributed by atoms with E-state index in [1.165, 1.54) is 36.3 Å². The molecule has 0 aromatic heterocycles. The minimum absolute atomic E-state index is 0.0784. The largest absolute Gasteiger partial charge is 0.469 e. The van der Waals surface area contributed by atoms with Crippen molar-refractivity contribution in [3.05, 3.63) is 99.9 Å². The number of rotatable bonds is 9. The molecule has 1 N–H and O–H groups in total. The van der Waals surface area contributed by atoms with Gasteiger partial charge in [0.15, 0.2) is 0 Å². The van der Waals surface area contributed by atoms with Crippen LogP contribution in [-0.2, 0) is 21.4 Å². The number of carbonyl (C=O) groups is 1. The van der Waals surface area contributed by atoms with Crippen LogP contribution in [0.25, 0.3) is 17.2 Å². The lowest BCUT2D eigenvalue weighted by Crippen LogP contribution is -2.28. The summed E-state index contributed by atoms with van der Waals surface area (Å²) in [7, 11) is 1.31. The average Bonchev–Trinajstić information content (AvgIpc) is 2.95. The summed E-state index contributed by atoms with van der Waals surface area (Å²) in [4.78, 5) is 11.6. The molecule has 0 aliphatic heterocycles. The molecule has 3 aromatic carbocycles. The zero-order valence-electron chi connectivity index (χ0n) is 24.6. The smallest absolute Gasteiger partial charge is 0.310 e. The molecular weight excluding hydrogens is 499 g/mol.